The number of halogens is 1. The quantitative estimate of drug-likeness (QED) is 0.877. The summed E-state index contributed by atoms with van der Waals surface area (Å²) in [4.78, 5) is 12.1. The van der Waals surface area contributed by atoms with Gasteiger partial charge in [-0.2, -0.15) is 0 Å². The molecule has 1 amide bonds. The Morgan fingerprint density at radius 1 is 1.39 bits per heavy atom. The van der Waals surface area contributed by atoms with Crippen molar-refractivity contribution in [3.8, 4) is 0 Å². The topological polar surface area (TPSA) is 49.3 Å². The molecular weight excluding hydrogens is 294 g/mol. The molecule has 0 spiro atoms. The fourth-order valence-electron chi connectivity index (χ4n) is 1.68. The van der Waals surface area contributed by atoms with Crippen molar-refractivity contribution in [3.05, 3.63) is 33.8 Å². The second-order valence-corrected chi connectivity index (χ2v) is 5.49. The Kier molecular flexibility index (Phi) is 5.35. The molecule has 0 fully saturated rings. The summed E-state index contributed by atoms with van der Waals surface area (Å²) in [6.45, 7) is 6.01. The monoisotopic (exact) mass is 313 g/mol. The first-order chi connectivity index (χ1) is 8.41. The molecule has 0 radical (unpaired) electrons. The van der Waals surface area contributed by atoms with Gasteiger partial charge in [0.05, 0.1) is 5.60 Å². The molecule has 0 bridgehead atoms. The van der Waals surface area contributed by atoms with Crippen molar-refractivity contribution in [1.29, 1.82) is 0 Å². The van der Waals surface area contributed by atoms with Crippen LogP contribution in [0, 0.1) is 6.92 Å². The molecule has 100 valence electrons. The van der Waals surface area contributed by atoms with Crippen LogP contribution in [0.2, 0.25) is 0 Å². The Bertz CT molecular complexity index is 428. The Balaban J connectivity index is 2.74. The predicted octanol–water partition coefficient (Wildman–Crippen LogP) is 3.04. The van der Waals surface area contributed by atoms with E-state index in [2.05, 4.69) is 21.2 Å². The highest BCUT2D eigenvalue weighted by Crippen LogP contribution is 2.17. The van der Waals surface area contributed by atoms with Crippen LogP contribution in [-0.2, 0) is 0 Å². The molecule has 2 N–H and O–H groups in total. The largest absolute Gasteiger partial charge is 0.388 e. The number of hydrogen-bond acceptors (Lipinski definition) is 2. The molecule has 0 heterocycles. The van der Waals surface area contributed by atoms with Gasteiger partial charge in [-0.05, 0) is 37.5 Å². The van der Waals surface area contributed by atoms with E-state index in [0.717, 1.165) is 10.0 Å². The summed E-state index contributed by atoms with van der Waals surface area (Å²) in [7, 11) is 0. The molecule has 18 heavy (non-hydrogen) atoms. The molecule has 0 unspecified atom stereocenters. The Morgan fingerprint density at radius 2 is 2.00 bits per heavy atom. The summed E-state index contributed by atoms with van der Waals surface area (Å²) in [6.07, 6.45) is 1.25. The van der Waals surface area contributed by atoms with Crippen molar-refractivity contribution in [2.75, 3.05) is 6.54 Å². The molecule has 0 saturated heterocycles. The molecule has 0 aliphatic carbocycles. The van der Waals surface area contributed by atoms with Crippen molar-refractivity contribution < 1.29 is 9.90 Å². The highest BCUT2D eigenvalue weighted by molar-refractivity contribution is 9.10. The summed E-state index contributed by atoms with van der Waals surface area (Å²) in [5.41, 5.74) is 0.751. The van der Waals surface area contributed by atoms with Crippen LogP contribution >= 0.6 is 15.9 Å². The zero-order valence-corrected chi connectivity index (χ0v) is 12.7. The average Bonchev–Trinajstić information content (AvgIpc) is 2.38. The molecule has 0 aliphatic heterocycles. The van der Waals surface area contributed by atoms with Gasteiger partial charge >= 0.3 is 0 Å². The predicted molar refractivity (Wildman–Crippen MR) is 76.7 cm³/mol. The second-order valence-electron chi connectivity index (χ2n) is 4.57. The van der Waals surface area contributed by atoms with Gasteiger partial charge in [-0.15, -0.1) is 0 Å². The van der Waals surface area contributed by atoms with E-state index in [1.54, 1.807) is 6.07 Å². The number of nitrogens with one attached hydrogen (secondary N) is 1. The highest BCUT2D eigenvalue weighted by atomic mass is 79.9. The Labute approximate surface area is 117 Å². The minimum Gasteiger partial charge on any atom is -0.388 e. The van der Waals surface area contributed by atoms with Crippen LogP contribution in [0.25, 0.3) is 0 Å². The number of amides is 1. The van der Waals surface area contributed by atoms with Gasteiger partial charge in [0.15, 0.2) is 0 Å². The van der Waals surface area contributed by atoms with Gasteiger partial charge in [0, 0.05) is 16.6 Å². The number of rotatable bonds is 5. The summed E-state index contributed by atoms with van der Waals surface area (Å²) in [5, 5.41) is 12.9. The fourth-order valence-corrected chi connectivity index (χ4v) is 2.04. The van der Waals surface area contributed by atoms with Gasteiger partial charge in [-0.25, -0.2) is 0 Å². The van der Waals surface area contributed by atoms with Gasteiger partial charge in [0.25, 0.3) is 5.91 Å². The standard InChI is InChI=1S/C14H20BrNO2/c1-4-14(18,5-2)9-16-13(17)12-8-11(15)7-6-10(12)3/h6-8,18H,4-5,9H2,1-3H3,(H,16,17). The van der Waals surface area contributed by atoms with Crippen LogP contribution in [0.3, 0.4) is 0 Å². The van der Waals surface area contributed by atoms with E-state index in [4.69, 9.17) is 0 Å². The van der Waals surface area contributed by atoms with Crippen molar-refractivity contribution >= 4 is 21.8 Å². The molecule has 0 atom stereocenters. The molecule has 1 aromatic carbocycles. The first-order valence-corrected chi connectivity index (χ1v) is 6.98. The third kappa shape index (κ3) is 3.82. The lowest BCUT2D eigenvalue weighted by atomic mass is 9.97. The van der Waals surface area contributed by atoms with E-state index in [9.17, 15) is 9.90 Å². The first kappa shape index (κ1) is 15.2. The van der Waals surface area contributed by atoms with Crippen LogP contribution in [-0.4, -0.2) is 23.2 Å². The third-order valence-electron chi connectivity index (χ3n) is 3.34. The molecule has 1 rings (SSSR count). The SMILES string of the molecule is CCC(O)(CC)CNC(=O)c1cc(Br)ccc1C. The van der Waals surface area contributed by atoms with Crippen molar-refractivity contribution in [3.63, 3.8) is 0 Å². The van der Waals surface area contributed by atoms with Gasteiger partial charge in [-0.3, -0.25) is 4.79 Å². The molecule has 0 aromatic heterocycles. The van der Waals surface area contributed by atoms with E-state index >= 15 is 0 Å². The van der Waals surface area contributed by atoms with Crippen molar-refractivity contribution in [2.45, 2.75) is 39.2 Å². The first-order valence-electron chi connectivity index (χ1n) is 6.18. The van der Waals surface area contributed by atoms with Crippen LogP contribution in [0.4, 0.5) is 0 Å². The van der Waals surface area contributed by atoms with E-state index in [1.165, 1.54) is 0 Å². The van der Waals surface area contributed by atoms with E-state index < -0.39 is 5.60 Å². The summed E-state index contributed by atoms with van der Waals surface area (Å²) >= 11 is 3.35. The molecule has 3 nitrogen and oxygen atoms in total. The minimum atomic E-state index is -0.810. The normalized spacial score (nSPS) is 11.4. The lowest BCUT2D eigenvalue weighted by Gasteiger charge is -2.25. The average molecular weight is 314 g/mol. The number of carbonyl (C=O) groups is 1. The van der Waals surface area contributed by atoms with Crippen molar-refractivity contribution in [2.24, 2.45) is 0 Å². The Morgan fingerprint density at radius 3 is 2.56 bits per heavy atom. The maximum absolute atomic E-state index is 12.1. The number of hydrogen-bond donors (Lipinski definition) is 2. The van der Waals surface area contributed by atoms with Crippen molar-refractivity contribution in [1.82, 2.24) is 5.32 Å². The van der Waals surface area contributed by atoms with Gasteiger partial charge < -0.3 is 10.4 Å². The highest BCUT2D eigenvalue weighted by Gasteiger charge is 2.23. The molecule has 1 aromatic rings. The summed E-state index contributed by atoms with van der Waals surface area (Å²) in [5.74, 6) is -0.144. The minimum absolute atomic E-state index is 0.144. The molecule has 4 heteroatoms. The van der Waals surface area contributed by atoms with Crippen LogP contribution in [0.15, 0.2) is 22.7 Å². The van der Waals surface area contributed by atoms with Crippen LogP contribution in [0.5, 0.6) is 0 Å². The summed E-state index contributed by atoms with van der Waals surface area (Å²) in [6, 6.07) is 5.59. The third-order valence-corrected chi connectivity index (χ3v) is 3.83. The van der Waals surface area contributed by atoms with E-state index in [0.29, 0.717) is 18.4 Å². The summed E-state index contributed by atoms with van der Waals surface area (Å²) < 4.78 is 0.875. The number of benzene rings is 1. The molecular formula is C14H20BrNO2. The van der Waals surface area contributed by atoms with Gasteiger partial charge in [-0.1, -0.05) is 35.8 Å². The maximum atomic E-state index is 12.1. The van der Waals surface area contributed by atoms with Crippen LogP contribution < -0.4 is 5.32 Å². The zero-order chi connectivity index (χ0) is 13.8. The van der Waals surface area contributed by atoms with E-state index in [1.807, 2.05) is 32.9 Å². The number of carbonyl (C=O) groups excluding carboxylic acids is 1. The smallest absolute Gasteiger partial charge is 0.251 e. The zero-order valence-electron chi connectivity index (χ0n) is 11.1. The lowest BCUT2D eigenvalue weighted by Crippen LogP contribution is -2.42. The molecule has 0 aliphatic rings. The van der Waals surface area contributed by atoms with Crippen LogP contribution in [0.1, 0.15) is 42.6 Å². The molecule has 0 saturated carbocycles. The van der Waals surface area contributed by atoms with Gasteiger partial charge in [0.2, 0.25) is 0 Å². The van der Waals surface area contributed by atoms with Gasteiger partial charge in [0.1, 0.15) is 0 Å². The maximum Gasteiger partial charge on any atom is 0.251 e. The number of aryl methyl sites for hydroxylation is 1. The Hall–Kier alpha value is -0.870. The number of aliphatic hydroxyl groups is 1. The second kappa shape index (κ2) is 6.34. The fraction of sp³-hybridized carbons (Fsp3) is 0.500. The van der Waals surface area contributed by atoms with E-state index in [-0.39, 0.29) is 12.5 Å². The lowest BCUT2D eigenvalue weighted by molar-refractivity contribution is 0.0314.